The molecule has 1 aromatic heterocycles. The van der Waals surface area contributed by atoms with Gasteiger partial charge >= 0.3 is 5.97 Å². The van der Waals surface area contributed by atoms with Crippen LogP contribution in [0.15, 0.2) is 67.0 Å². The minimum Gasteiger partial charge on any atom is -0.478 e. The van der Waals surface area contributed by atoms with E-state index in [1.54, 1.807) is 24.3 Å². The minimum absolute atomic E-state index is 0.224. The number of hydrogen-bond acceptors (Lipinski definition) is 5. The molecule has 3 rings (SSSR count). The summed E-state index contributed by atoms with van der Waals surface area (Å²) < 4.78 is 0. The number of aromatic carboxylic acids is 1. The number of carboxylic acid groups (broad SMARTS) is 1. The van der Waals surface area contributed by atoms with Crippen LogP contribution in [0.3, 0.4) is 0 Å². The Bertz CT molecular complexity index is 913. The fourth-order valence-electron chi connectivity index (χ4n) is 2.76. The molecule has 0 aliphatic rings. The Kier molecular flexibility index (Phi) is 5.66. The van der Waals surface area contributed by atoms with Crippen LogP contribution < -0.4 is 10.2 Å². The lowest BCUT2D eigenvalue weighted by atomic mass is 10.2. The molecule has 1 heterocycles. The second-order valence-corrected chi connectivity index (χ2v) is 6.48. The number of rotatable bonds is 7. The number of anilines is 3. The predicted octanol–water partition coefficient (Wildman–Crippen LogP) is 4.33. The molecule has 138 valence electrons. The second-order valence-electron chi connectivity index (χ2n) is 6.48. The Morgan fingerprint density at radius 2 is 1.85 bits per heavy atom. The average molecular weight is 362 g/mol. The molecule has 6 heteroatoms. The first-order valence-electron chi connectivity index (χ1n) is 8.76. The lowest BCUT2D eigenvalue weighted by Crippen LogP contribution is -2.31. The number of nitrogens with zero attached hydrogens (tertiary/aromatic N) is 3. The van der Waals surface area contributed by atoms with E-state index in [4.69, 9.17) is 5.11 Å². The van der Waals surface area contributed by atoms with Crippen LogP contribution in [0.4, 0.5) is 17.3 Å². The van der Waals surface area contributed by atoms with E-state index in [9.17, 15) is 4.79 Å². The van der Waals surface area contributed by atoms with Gasteiger partial charge in [0.25, 0.3) is 0 Å². The summed E-state index contributed by atoms with van der Waals surface area (Å²) in [6.07, 6.45) is 1.51. The third kappa shape index (κ3) is 4.82. The lowest BCUT2D eigenvalue weighted by molar-refractivity contribution is 0.0697. The second kappa shape index (κ2) is 8.31. The summed E-state index contributed by atoms with van der Waals surface area (Å²) in [5.74, 6) is 0.456. The number of hydrogen-bond donors (Lipinski definition) is 2. The van der Waals surface area contributed by atoms with Crippen molar-refractivity contribution in [2.24, 2.45) is 0 Å². The summed E-state index contributed by atoms with van der Waals surface area (Å²) in [5.41, 5.74) is 2.09. The monoisotopic (exact) mass is 362 g/mol. The van der Waals surface area contributed by atoms with Crippen LogP contribution in [0.25, 0.3) is 0 Å². The first-order valence-corrected chi connectivity index (χ1v) is 8.76. The fourth-order valence-corrected chi connectivity index (χ4v) is 2.76. The summed E-state index contributed by atoms with van der Waals surface area (Å²) in [4.78, 5) is 22.0. The van der Waals surface area contributed by atoms with Crippen molar-refractivity contribution >= 4 is 23.3 Å². The molecule has 0 saturated heterocycles. The quantitative estimate of drug-likeness (QED) is 0.651. The zero-order valence-corrected chi connectivity index (χ0v) is 15.3. The molecule has 0 amide bonds. The minimum atomic E-state index is -0.962. The third-order valence-corrected chi connectivity index (χ3v) is 4.15. The van der Waals surface area contributed by atoms with Crippen molar-refractivity contribution in [3.8, 4) is 0 Å². The van der Waals surface area contributed by atoms with Crippen molar-refractivity contribution < 1.29 is 9.90 Å². The summed E-state index contributed by atoms with van der Waals surface area (Å²) >= 11 is 0. The Labute approximate surface area is 158 Å². The van der Waals surface area contributed by atoms with Crippen LogP contribution in [0.5, 0.6) is 0 Å². The van der Waals surface area contributed by atoms with Crippen LogP contribution >= 0.6 is 0 Å². The smallest absolute Gasteiger partial charge is 0.335 e. The highest BCUT2D eigenvalue weighted by Gasteiger charge is 2.14. The van der Waals surface area contributed by atoms with Gasteiger partial charge in [0.2, 0.25) is 0 Å². The van der Waals surface area contributed by atoms with Gasteiger partial charge in [-0.1, -0.05) is 36.4 Å². The molecule has 0 aliphatic carbocycles. The van der Waals surface area contributed by atoms with Crippen LogP contribution in [0.2, 0.25) is 0 Å². The maximum absolute atomic E-state index is 11.1. The molecule has 27 heavy (non-hydrogen) atoms. The fraction of sp³-hybridized carbons (Fsp3) is 0.190. The van der Waals surface area contributed by atoms with Crippen LogP contribution in [-0.2, 0) is 6.54 Å². The molecule has 0 atom stereocenters. The van der Waals surface area contributed by atoms with Crippen molar-refractivity contribution in [1.82, 2.24) is 9.97 Å². The molecule has 0 unspecified atom stereocenters. The van der Waals surface area contributed by atoms with Crippen LogP contribution in [0, 0.1) is 0 Å². The van der Waals surface area contributed by atoms with Gasteiger partial charge in [0.15, 0.2) is 0 Å². The highest BCUT2D eigenvalue weighted by Crippen LogP contribution is 2.22. The summed E-state index contributed by atoms with van der Waals surface area (Å²) in [6.45, 7) is 4.98. The highest BCUT2D eigenvalue weighted by molar-refractivity contribution is 5.89. The van der Waals surface area contributed by atoms with Crippen molar-refractivity contribution in [1.29, 1.82) is 0 Å². The third-order valence-electron chi connectivity index (χ3n) is 4.15. The average Bonchev–Trinajstić information content (AvgIpc) is 2.67. The first-order chi connectivity index (χ1) is 13.0. The maximum Gasteiger partial charge on any atom is 0.335 e. The standard InChI is InChI=1S/C21H22N4O2/c1-15(2)25(13-16-7-4-3-5-8-16)20-12-19(22-14-23-20)24-18-10-6-9-17(11-18)21(26)27/h3-12,14-15H,13H2,1-2H3,(H,26,27)(H,22,23,24). The molecule has 2 aromatic carbocycles. The van der Waals surface area contributed by atoms with Gasteiger partial charge in [-0.25, -0.2) is 14.8 Å². The van der Waals surface area contributed by atoms with Gasteiger partial charge in [-0.3, -0.25) is 0 Å². The summed E-state index contributed by atoms with van der Waals surface area (Å²) in [7, 11) is 0. The molecular formula is C21H22N4O2. The number of benzene rings is 2. The molecule has 0 aliphatic heterocycles. The predicted molar refractivity (Wildman–Crippen MR) is 106 cm³/mol. The number of carboxylic acids is 1. The van der Waals surface area contributed by atoms with Gasteiger partial charge in [-0.2, -0.15) is 0 Å². The zero-order chi connectivity index (χ0) is 19.2. The highest BCUT2D eigenvalue weighted by atomic mass is 16.4. The summed E-state index contributed by atoms with van der Waals surface area (Å²) in [5, 5.41) is 12.3. The van der Waals surface area contributed by atoms with Gasteiger partial charge in [0, 0.05) is 24.3 Å². The normalized spacial score (nSPS) is 10.6. The Morgan fingerprint density at radius 3 is 2.56 bits per heavy atom. The Hall–Kier alpha value is -3.41. The topological polar surface area (TPSA) is 78.4 Å². The summed E-state index contributed by atoms with van der Waals surface area (Å²) in [6, 6.07) is 19.0. The van der Waals surface area contributed by atoms with Gasteiger partial charge in [0.1, 0.15) is 18.0 Å². The molecule has 3 aromatic rings. The number of aromatic nitrogens is 2. The van der Waals surface area contributed by atoms with Crippen molar-refractivity contribution in [3.63, 3.8) is 0 Å². The van der Waals surface area contributed by atoms with Crippen LogP contribution in [-0.4, -0.2) is 27.1 Å². The van der Waals surface area contributed by atoms with E-state index in [1.165, 1.54) is 11.9 Å². The van der Waals surface area contributed by atoms with E-state index >= 15 is 0 Å². The lowest BCUT2D eigenvalue weighted by Gasteiger charge is -2.28. The molecular weight excluding hydrogens is 340 g/mol. The molecule has 0 saturated carbocycles. The Balaban J connectivity index is 1.83. The molecule has 2 N–H and O–H groups in total. The van der Waals surface area contributed by atoms with Gasteiger partial charge in [0.05, 0.1) is 5.56 Å². The van der Waals surface area contributed by atoms with E-state index < -0.39 is 5.97 Å². The van der Waals surface area contributed by atoms with Crippen molar-refractivity contribution in [2.45, 2.75) is 26.4 Å². The van der Waals surface area contributed by atoms with Crippen LogP contribution in [0.1, 0.15) is 29.8 Å². The van der Waals surface area contributed by atoms with E-state index in [0.29, 0.717) is 11.5 Å². The van der Waals surface area contributed by atoms with E-state index in [-0.39, 0.29) is 11.6 Å². The van der Waals surface area contributed by atoms with Gasteiger partial charge in [-0.05, 0) is 37.6 Å². The zero-order valence-electron chi connectivity index (χ0n) is 15.3. The van der Waals surface area contributed by atoms with Gasteiger partial charge in [-0.15, -0.1) is 0 Å². The molecule has 6 nitrogen and oxygen atoms in total. The van der Waals surface area contributed by atoms with E-state index in [0.717, 1.165) is 12.4 Å². The molecule has 0 bridgehead atoms. The van der Waals surface area contributed by atoms with Gasteiger partial charge < -0.3 is 15.3 Å². The SMILES string of the molecule is CC(C)N(Cc1ccccc1)c1cc(Nc2cccc(C(=O)O)c2)ncn1. The number of nitrogens with one attached hydrogen (secondary N) is 1. The maximum atomic E-state index is 11.1. The largest absolute Gasteiger partial charge is 0.478 e. The van der Waals surface area contributed by atoms with Crippen molar-refractivity contribution in [3.05, 3.63) is 78.1 Å². The Morgan fingerprint density at radius 1 is 1.07 bits per heavy atom. The van der Waals surface area contributed by atoms with E-state index in [1.807, 2.05) is 24.3 Å². The van der Waals surface area contributed by atoms with Crippen molar-refractivity contribution in [2.75, 3.05) is 10.2 Å². The number of carbonyl (C=O) groups is 1. The first kappa shape index (κ1) is 18.4. The van der Waals surface area contributed by atoms with E-state index in [2.05, 4.69) is 46.2 Å². The molecule has 0 fully saturated rings. The molecule has 0 spiro atoms. The molecule has 0 radical (unpaired) electrons.